The quantitative estimate of drug-likeness (QED) is 0.888. The van der Waals surface area contributed by atoms with Crippen molar-refractivity contribution in [2.24, 2.45) is 0 Å². The van der Waals surface area contributed by atoms with Crippen molar-refractivity contribution in [1.29, 1.82) is 0 Å². The highest BCUT2D eigenvalue weighted by molar-refractivity contribution is 5.98. The second kappa shape index (κ2) is 4.92. The van der Waals surface area contributed by atoms with Crippen molar-refractivity contribution in [1.82, 2.24) is 10.0 Å². The van der Waals surface area contributed by atoms with Crippen molar-refractivity contribution in [2.75, 3.05) is 20.3 Å². The van der Waals surface area contributed by atoms with Gasteiger partial charge >= 0.3 is 0 Å². The topological polar surface area (TPSA) is 53.0 Å². The van der Waals surface area contributed by atoms with Gasteiger partial charge in [-0.25, -0.2) is 10.0 Å². The van der Waals surface area contributed by atoms with Gasteiger partial charge in [-0.05, 0) is 18.9 Å². The average molecular weight is 262 g/mol. The van der Waals surface area contributed by atoms with E-state index < -0.39 is 6.23 Å². The Morgan fingerprint density at radius 1 is 1.42 bits per heavy atom. The van der Waals surface area contributed by atoms with Gasteiger partial charge in [0.05, 0.1) is 12.6 Å². The molecule has 1 saturated heterocycles. The Balaban J connectivity index is 1.89. The molecule has 19 heavy (non-hydrogen) atoms. The molecular formula is C14H18N2O3. The van der Waals surface area contributed by atoms with Crippen molar-refractivity contribution in [3.8, 4) is 0 Å². The standard InChI is InChI=1S/C14H18N2O3/c1-19-9-10-5-4-8-15(10)16-13(17)11-6-2-3-7-12(11)14(16)18/h2-3,6-7,10,13,17H,4-5,8-9H2,1H3/t10-,13?/m0/s1. The maximum absolute atomic E-state index is 12.4. The second-order valence-corrected chi connectivity index (χ2v) is 5.03. The minimum absolute atomic E-state index is 0.119. The van der Waals surface area contributed by atoms with E-state index in [0.29, 0.717) is 17.7 Å². The zero-order chi connectivity index (χ0) is 13.4. The zero-order valence-corrected chi connectivity index (χ0v) is 11.0. The molecule has 0 radical (unpaired) electrons. The number of aliphatic hydroxyl groups excluding tert-OH is 1. The molecule has 0 bridgehead atoms. The van der Waals surface area contributed by atoms with Crippen molar-refractivity contribution >= 4 is 5.91 Å². The van der Waals surface area contributed by atoms with E-state index in [4.69, 9.17) is 4.74 Å². The average Bonchev–Trinajstić information content (AvgIpc) is 2.96. The molecule has 1 N–H and O–H groups in total. The van der Waals surface area contributed by atoms with Gasteiger partial charge in [-0.2, -0.15) is 0 Å². The summed E-state index contributed by atoms with van der Waals surface area (Å²) in [4.78, 5) is 12.4. The molecule has 0 aromatic heterocycles. The van der Waals surface area contributed by atoms with Gasteiger partial charge in [0.25, 0.3) is 5.91 Å². The number of aliphatic hydroxyl groups is 1. The van der Waals surface area contributed by atoms with Gasteiger partial charge in [0, 0.05) is 24.8 Å². The van der Waals surface area contributed by atoms with E-state index in [2.05, 4.69) is 0 Å². The summed E-state index contributed by atoms with van der Waals surface area (Å²) in [5.74, 6) is -0.119. The molecule has 1 aromatic carbocycles. The molecule has 1 amide bonds. The molecule has 1 unspecified atom stereocenters. The number of hydrogen-bond acceptors (Lipinski definition) is 4. The highest BCUT2D eigenvalue weighted by Gasteiger charge is 2.42. The number of rotatable bonds is 3. The summed E-state index contributed by atoms with van der Waals surface area (Å²) >= 11 is 0. The summed E-state index contributed by atoms with van der Waals surface area (Å²) in [6.07, 6.45) is 1.13. The van der Waals surface area contributed by atoms with Gasteiger partial charge in [-0.1, -0.05) is 18.2 Å². The summed E-state index contributed by atoms with van der Waals surface area (Å²) in [5.41, 5.74) is 1.29. The fraction of sp³-hybridized carbons (Fsp3) is 0.500. The smallest absolute Gasteiger partial charge is 0.271 e. The van der Waals surface area contributed by atoms with Crippen LogP contribution in [0.3, 0.4) is 0 Å². The lowest BCUT2D eigenvalue weighted by atomic mass is 10.1. The number of carbonyl (C=O) groups excluding carboxylic acids is 1. The highest BCUT2D eigenvalue weighted by atomic mass is 16.5. The first kappa shape index (κ1) is 12.6. The van der Waals surface area contributed by atoms with E-state index in [1.54, 1.807) is 19.2 Å². The van der Waals surface area contributed by atoms with Crippen molar-refractivity contribution in [3.05, 3.63) is 35.4 Å². The Morgan fingerprint density at radius 2 is 2.21 bits per heavy atom. The van der Waals surface area contributed by atoms with E-state index >= 15 is 0 Å². The van der Waals surface area contributed by atoms with Gasteiger partial charge in [-0.3, -0.25) is 4.79 Å². The Kier molecular flexibility index (Phi) is 3.26. The van der Waals surface area contributed by atoms with Gasteiger partial charge < -0.3 is 9.84 Å². The third-order valence-corrected chi connectivity index (χ3v) is 3.89. The molecule has 0 saturated carbocycles. The summed E-state index contributed by atoms with van der Waals surface area (Å²) in [7, 11) is 1.66. The molecule has 1 aromatic rings. The molecule has 1 fully saturated rings. The SMILES string of the molecule is COC[C@@H]1CCCN1N1C(=O)c2ccccc2C1O. The van der Waals surface area contributed by atoms with Crippen LogP contribution in [0.1, 0.15) is 35.0 Å². The number of amides is 1. The lowest BCUT2D eigenvalue weighted by Gasteiger charge is -2.35. The largest absolute Gasteiger partial charge is 0.383 e. The van der Waals surface area contributed by atoms with E-state index in [1.165, 1.54) is 5.01 Å². The maximum atomic E-state index is 12.4. The summed E-state index contributed by atoms with van der Waals surface area (Å²) in [6, 6.07) is 7.40. The van der Waals surface area contributed by atoms with Gasteiger partial charge in [0.15, 0.2) is 6.23 Å². The van der Waals surface area contributed by atoms with Crippen molar-refractivity contribution in [2.45, 2.75) is 25.1 Å². The first-order valence-corrected chi connectivity index (χ1v) is 6.60. The minimum atomic E-state index is -0.874. The molecule has 0 spiro atoms. The number of nitrogens with zero attached hydrogens (tertiary/aromatic N) is 2. The van der Waals surface area contributed by atoms with E-state index in [0.717, 1.165) is 19.4 Å². The van der Waals surface area contributed by atoms with Gasteiger partial charge in [0.2, 0.25) is 0 Å². The Bertz CT molecular complexity index is 491. The van der Waals surface area contributed by atoms with Crippen LogP contribution in [-0.4, -0.2) is 47.3 Å². The molecule has 5 heteroatoms. The van der Waals surface area contributed by atoms with Crippen molar-refractivity contribution < 1.29 is 14.6 Å². The van der Waals surface area contributed by atoms with Crippen LogP contribution >= 0.6 is 0 Å². The number of hydrogen-bond donors (Lipinski definition) is 1. The predicted molar refractivity (Wildman–Crippen MR) is 69.2 cm³/mol. The monoisotopic (exact) mass is 262 g/mol. The normalized spacial score (nSPS) is 27.1. The van der Waals surface area contributed by atoms with E-state index in [1.807, 2.05) is 17.1 Å². The molecule has 0 aliphatic carbocycles. The van der Waals surface area contributed by atoms with E-state index in [9.17, 15) is 9.90 Å². The summed E-state index contributed by atoms with van der Waals surface area (Å²) < 4.78 is 5.20. The maximum Gasteiger partial charge on any atom is 0.271 e. The first-order valence-electron chi connectivity index (χ1n) is 6.60. The number of methoxy groups -OCH3 is 1. The Labute approximate surface area is 112 Å². The molecule has 3 rings (SSSR count). The van der Waals surface area contributed by atoms with Gasteiger partial charge in [0.1, 0.15) is 0 Å². The Morgan fingerprint density at radius 3 is 2.95 bits per heavy atom. The molecule has 2 aliphatic heterocycles. The number of benzene rings is 1. The van der Waals surface area contributed by atoms with Crippen LogP contribution in [0.2, 0.25) is 0 Å². The van der Waals surface area contributed by atoms with Crippen LogP contribution in [-0.2, 0) is 4.74 Å². The van der Waals surface area contributed by atoms with Gasteiger partial charge in [-0.15, -0.1) is 0 Å². The lowest BCUT2D eigenvalue weighted by Crippen LogP contribution is -2.48. The molecule has 5 nitrogen and oxygen atoms in total. The molecule has 2 aliphatic rings. The van der Waals surface area contributed by atoms with E-state index in [-0.39, 0.29) is 11.9 Å². The lowest BCUT2D eigenvalue weighted by molar-refractivity contribution is -0.117. The van der Waals surface area contributed by atoms with Crippen LogP contribution in [0.5, 0.6) is 0 Å². The second-order valence-electron chi connectivity index (χ2n) is 5.03. The molecule has 2 heterocycles. The molecular weight excluding hydrogens is 244 g/mol. The van der Waals surface area contributed by atoms with Crippen LogP contribution in [0.15, 0.2) is 24.3 Å². The Hall–Kier alpha value is -1.43. The predicted octanol–water partition coefficient (Wildman–Crippen LogP) is 1.16. The van der Waals surface area contributed by atoms with Crippen molar-refractivity contribution in [3.63, 3.8) is 0 Å². The molecule has 2 atom stereocenters. The number of ether oxygens (including phenoxy) is 1. The third kappa shape index (κ3) is 1.94. The van der Waals surface area contributed by atoms with Crippen LogP contribution in [0, 0.1) is 0 Å². The number of carbonyl (C=O) groups is 1. The van der Waals surface area contributed by atoms with Crippen LogP contribution in [0.4, 0.5) is 0 Å². The van der Waals surface area contributed by atoms with Crippen LogP contribution in [0.25, 0.3) is 0 Å². The fourth-order valence-electron chi connectivity index (χ4n) is 3.01. The molecule has 102 valence electrons. The number of fused-ring (bicyclic) bond motifs is 1. The minimum Gasteiger partial charge on any atom is -0.383 e. The third-order valence-electron chi connectivity index (χ3n) is 3.89. The summed E-state index contributed by atoms with van der Waals surface area (Å²) in [5, 5.41) is 13.8. The fourth-order valence-corrected chi connectivity index (χ4v) is 3.01. The summed E-state index contributed by atoms with van der Waals surface area (Å²) in [6.45, 7) is 1.36. The zero-order valence-electron chi connectivity index (χ0n) is 11.0. The van der Waals surface area contributed by atoms with Crippen LogP contribution < -0.4 is 0 Å². The number of hydrazine groups is 1. The highest BCUT2D eigenvalue weighted by Crippen LogP contribution is 2.35. The first-order chi connectivity index (χ1) is 9.24.